The predicted molar refractivity (Wildman–Crippen MR) is 95.9 cm³/mol. The lowest BCUT2D eigenvalue weighted by Gasteiger charge is -2.43. The van der Waals surface area contributed by atoms with E-state index in [1.54, 1.807) is 0 Å². The zero-order chi connectivity index (χ0) is 17.7. The Balaban J connectivity index is 1.75. The number of aliphatic hydroxyl groups is 1. The molecule has 1 N–H and O–H groups in total. The van der Waals surface area contributed by atoms with Gasteiger partial charge in [-0.25, -0.2) is 0 Å². The van der Waals surface area contributed by atoms with Crippen molar-refractivity contribution in [3.63, 3.8) is 0 Å². The number of ether oxygens (including phenoxy) is 1. The highest BCUT2D eigenvalue weighted by molar-refractivity contribution is 5.73. The average Bonchev–Trinajstić information content (AvgIpc) is 2.55. The Bertz CT molecular complexity index is 388. The first-order valence-electron chi connectivity index (χ1n) is 9.66. The van der Waals surface area contributed by atoms with Gasteiger partial charge >= 0.3 is 5.97 Å². The summed E-state index contributed by atoms with van der Waals surface area (Å²) < 4.78 is 5.54. The van der Waals surface area contributed by atoms with E-state index in [9.17, 15) is 9.90 Å². The smallest absolute Gasteiger partial charge is 0.309 e. The minimum Gasteiger partial charge on any atom is -0.460 e. The zero-order valence-corrected chi connectivity index (χ0v) is 16.0. The molecule has 1 heterocycles. The van der Waals surface area contributed by atoms with Crippen LogP contribution in [0.1, 0.15) is 59.8 Å². The van der Waals surface area contributed by atoms with Gasteiger partial charge in [-0.1, -0.05) is 6.92 Å². The summed E-state index contributed by atoms with van der Waals surface area (Å²) in [5, 5.41) is 9.46. The molecule has 1 saturated carbocycles. The molecular weight excluding hydrogens is 304 g/mol. The van der Waals surface area contributed by atoms with Gasteiger partial charge in [0.05, 0.1) is 12.5 Å². The van der Waals surface area contributed by atoms with Crippen LogP contribution >= 0.6 is 0 Å². The number of hydrogen-bond acceptors (Lipinski definition) is 5. The number of piperazine rings is 1. The number of hydrogen-bond donors (Lipinski definition) is 1. The van der Waals surface area contributed by atoms with Crippen molar-refractivity contribution in [2.24, 2.45) is 5.92 Å². The Labute approximate surface area is 147 Å². The van der Waals surface area contributed by atoms with E-state index in [1.807, 2.05) is 20.8 Å². The molecule has 140 valence electrons. The summed E-state index contributed by atoms with van der Waals surface area (Å²) in [5.74, 6) is 0.0696. The number of rotatable bonds is 5. The molecule has 0 spiro atoms. The molecule has 1 atom stereocenters. The summed E-state index contributed by atoms with van der Waals surface area (Å²) in [4.78, 5) is 17.2. The van der Waals surface area contributed by atoms with E-state index < -0.39 is 0 Å². The van der Waals surface area contributed by atoms with Gasteiger partial charge in [0.2, 0.25) is 0 Å². The molecule has 0 bridgehead atoms. The molecule has 2 rings (SSSR count). The number of nitrogens with zero attached hydrogens (tertiary/aromatic N) is 2. The minimum absolute atomic E-state index is 0.0143. The van der Waals surface area contributed by atoms with Gasteiger partial charge in [0.15, 0.2) is 0 Å². The zero-order valence-electron chi connectivity index (χ0n) is 16.0. The van der Waals surface area contributed by atoms with Crippen LogP contribution in [-0.4, -0.2) is 71.3 Å². The largest absolute Gasteiger partial charge is 0.460 e. The van der Waals surface area contributed by atoms with Gasteiger partial charge in [-0.2, -0.15) is 0 Å². The topological polar surface area (TPSA) is 53.0 Å². The molecule has 5 nitrogen and oxygen atoms in total. The molecule has 2 aliphatic rings. The lowest BCUT2D eigenvalue weighted by Crippen LogP contribution is -2.54. The molecule has 1 aliphatic heterocycles. The summed E-state index contributed by atoms with van der Waals surface area (Å²) in [5.41, 5.74) is -0.382. The van der Waals surface area contributed by atoms with Gasteiger partial charge in [-0.3, -0.25) is 14.6 Å². The maximum absolute atomic E-state index is 12.2. The molecule has 2 fully saturated rings. The second-order valence-electron chi connectivity index (χ2n) is 8.36. The highest BCUT2D eigenvalue weighted by atomic mass is 16.6. The molecule has 24 heavy (non-hydrogen) atoms. The maximum Gasteiger partial charge on any atom is 0.309 e. The van der Waals surface area contributed by atoms with Gasteiger partial charge in [0.25, 0.3) is 0 Å². The lowest BCUT2D eigenvalue weighted by molar-refractivity contribution is -0.161. The molecule has 1 saturated heterocycles. The highest BCUT2D eigenvalue weighted by Gasteiger charge is 2.33. The second-order valence-corrected chi connectivity index (χ2v) is 8.36. The fourth-order valence-electron chi connectivity index (χ4n) is 4.03. The number of carbonyl (C=O) groups is 1. The Hall–Kier alpha value is -0.650. The van der Waals surface area contributed by atoms with Crippen molar-refractivity contribution in [2.75, 3.05) is 32.8 Å². The van der Waals surface area contributed by atoms with E-state index >= 15 is 0 Å². The SMILES string of the molecule is CCC(CO)N1CCN(C2CCC(C(=O)OC(C)(C)C)CC2)CC1. The van der Waals surface area contributed by atoms with E-state index in [1.165, 1.54) is 0 Å². The Morgan fingerprint density at radius 2 is 1.71 bits per heavy atom. The van der Waals surface area contributed by atoms with Gasteiger partial charge in [-0.05, 0) is 52.9 Å². The van der Waals surface area contributed by atoms with Crippen LogP contribution in [0.15, 0.2) is 0 Å². The van der Waals surface area contributed by atoms with Crippen molar-refractivity contribution in [3.8, 4) is 0 Å². The fourth-order valence-corrected chi connectivity index (χ4v) is 4.03. The summed E-state index contributed by atoms with van der Waals surface area (Å²) in [6.07, 6.45) is 5.11. The van der Waals surface area contributed by atoms with Crippen molar-refractivity contribution in [3.05, 3.63) is 0 Å². The third kappa shape index (κ3) is 5.43. The lowest BCUT2D eigenvalue weighted by atomic mass is 9.85. The van der Waals surface area contributed by atoms with E-state index in [0.717, 1.165) is 58.3 Å². The number of carbonyl (C=O) groups excluding carboxylic acids is 1. The molecular formula is C19H36N2O3. The van der Waals surface area contributed by atoms with Crippen molar-refractivity contribution < 1.29 is 14.6 Å². The van der Waals surface area contributed by atoms with Gasteiger partial charge in [0, 0.05) is 38.3 Å². The summed E-state index contributed by atoms with van der Waals surface area (Å²) >= 11 is 0. The fraction of sp³-hybridized carbons (Fsp3) is 0.947. The van der Waals surface area contributed by atoms with Gasteiger partial charge in [0.1, 0.15) is 5.60 Å². The molecule has 0 aromatic heterocycles. The Morgan fingerprint density at radius 3 is 2.17 bits per heavy atom. The van der Waals surface area contributed by atoms with Crippen LogP contribution in [0, 0.1) is 5.92 Å². The first kappa shape index (κ1) is 19.7. The van der Waals surface area contributed by atoms with Gasteiger partial charge in [-0.15, -0.1) is 0 Å². The third-order valence-electron chi connectivity index (χ3n) is 5.50. The second kappa shape index (κ2) is 8.63. The van der Waals surface area contributed by atoms with Crippen LogP contribution in [0.2, 0.25) is 0 Å². The molecule has 5 heteroatoms. The van der Waals surface area contributed by atoms with E-state index in [4.69, 9.17) is 4.74 Å². The van der Waals surface area contributed by atoms with Crippen LogP contribution < -0.4 is 0 Å². The highest BCUT2D eigenvalue weighted by Crippen LogP contribution is 2.30. The number of aliphatic hydroxyl groups excluding tert-OH is 1. The van der Waals surface area contributed by atoms with Crippen LogP contribution in [0.3, 0.4) is 0 Å². The predicted octanol–water partition coefficient (Wildman–Crippen LogP) is 2.28. The average molecular weight is 341 g/mol. The van der Waals surface area contributed by atoms with Crippen molar-refractivity contribution in [1.82, 2.24) is 9.80 Å². The van der Waals surface area contributed by atoms with Crippen LogP contribution in [0.25, 0.3) is 0 Å². The van der Waals surface area contributed by atoms with Crippen LogP contribution in [0.4, 0.5) is 0 Å². The van der Waals surface area contributed by atoms with Crippen molar-refractivity contribution in [2.45, 2.75) is 77.5 Å². The van der Waals surface area contributed by atoms with Gasteiger partial charge < -0.3 is 9.84 Å². The molecule has 1 aliphatic carbocycles. The standard InChI is InChI=1S/C19H36N2O3/c1-5-16(14-22)20-10-12-21(13-11-20)17-8-6-15(7-9-17)18(23)24-19(2,3)4/h15-17,22H,5-14H2,1-4H3. The molecule has 1 unspecified atom stereocenters. The first-order chi connectivity index (χ1) is 11.3. The van der Waals surface area contributed by atoms with E-state index in [0.29, 0.717) is 12.1 Å². The molecule has 0 radical (unpaired) electrons. The Morgan fingerprint density at radius 1 is 1.12 bits per heavy atom. The Kier molecular flexibility index (Phi) is 7.08. The van der Waals surface area contributed by atoms with E-state index in [2.05, 4.69) is 16.7 Å². The molecule has 0 aromatic carbocycles. The van der Waals surface area contributed by atoms with Crippen molar-refractivity contribution >= 4 is 5.97 Å². The summed E-state index contributed by atoms with van der Waals surface area (Å²) in [6, 6.07) is 0.926. The summed E-state index contributed by atoms with van der Waals surface area (Å²) in [7, 11) is 0. The van der Waals surface area contributed by atoms with E-state index in [-0.39, 0.29) is 24.1 Å². The third-order valence-corrected chi connectivity index (χ3v) is 5.50. The molecule has 0 aromatic rings. The van der Waals surface area contributed by atoms with Crippen LogP contribution in [0.5, 0.6) is 0 Å². The quantitative estimate of drug-likeness (QED) is 0.778. The first-order valence-corrected chi connectivity index (χ1v) is 9.66. The van der Waals surface area contributed by atoms with Crippen LogP contribution in [-0.2, 0) is 9.53 Å². The monoisotopic (exact) mass is 340 g/mol. The number of esters is 1. The maximum atomic E-state index is 12.2. The van der Waals surface area contributed by atoms with Crippen molar-refractivity contribution in [1.29, 1.82) is 0 Å². The summed E-state index contributed by atoms with van der Waals surface area (Å²) in [6.45, 7) is 12.5. The minimum atomic E-state index is -0.382. The molecule has 0 amide bonds. The normalized spacial score (nSPS) is 28.5.